The van der Waals surface area contributed by atoms with Crippen LogP contribution in [0.25, 0.3) is 0 Å². The van der Waals surface area contributed by atoms with Gasteiger partial charge in [-0.2, -0.15) is 0 Å². The molecule has 0 bridgehead atoms. The van der Waals surface area contributed by atoms with Gasteiger partial charge < -0.3 is 10.2 Å². The van der Waals surface area contributed by atoms with Crippen LogP contribution < -0.4 is 10.2 Å². The Morgan fingerprint density at radius 3 is 2.31 bits per heavy atom. The molecular formula is C13H23N3. The average molecular weight is 221 g/mol. The predicted molar refractivity (Wildman–Crippen MR) is 69.9 cm³/mol. The fourth-order valence-corrected chi connectivity index (χ4v) is 1.94. The molecule has 0 saturated heterocycles. The number of aromatic nitrogens is 1. The largest absolute Gasteiger partial charge is 0.371 e. The topological polar surface area (TPSA) is 28.2 Å². The number of pyridine rings is 1. The highest BCUT2D eigenvalue weighted by molar-refractivity contribution is 5.44. The van der Waals surface area contributed by atoms with Gasteiger partial charge in [0.1, 0.15) is 0 Å². The van der Waals surface area contributed by atoms with Crippen LogP contribution in [0, 0.1) is 0 Å². The summed E-state index contributed by atoms with van der Waals surface area (Å²) < 4.78 is 0. The smallest absolute Gasteiger partial charge is 0.0574 e. The number of hydrogen-bond donors (Lipinski definition) is 1. The molecule has 3 heteroatoms. The number of rotatable bonds is 6. The molecule has 1 unspecified atom stereocenters. The third kappa shape index (κ3) is 2.95. The van der Waals surface area contributed by atoms with E-state index in [2.05, 4.69) is 48.1 Å². The highest BCUT2D eigenvalue weighted by Gasteiger charge is 2.08. The molecule has 0 saturated carbocycles. The fraction of sp³-hybridized carbons (Fsp3) is 0.615. The van der Waals surface area contributed by atoms with Crippen LogP contribution in [0.4, 0.5) is 5.69 Å². The summed E-state index contributed by atoms with van der Waals surface area (Å²) in [5.41, 5.74) is 2.33. The number of anilines is 1. The molecule has 1 aromatic rings. The molecule has 0 amide bonds. The van der Waals surface area contributed by atoms with Crippen LogP contribution in [-0.4, -0.2) is 25.1 Å². The molecule has 16 heavy (non-hydrogen) atoms. The maximum Gasteiger partial charge on any atom is 0.0574 e. The predicted octanol–water partition coefficient (Wildman–Crippen LogP) is 2.60. The maximum absolute atomic E-state index is 4.53. The lowest BCUT2D eigenvalue weighted by Crippen LogP contribution is -2.22. The molecule has 0 spiro atoms. The Balaban J connectivity index is 2.81. The lowest BCUT2D eigenvalue weighted by atomic mass is 10.1. The zero-order valence-corrected chi connectivity index (χ0v) is 10.8. The summed E-state index contributed by atoms with van der Waals surface area (Å²) in [7, 11) is 1.98. The van der Waals surface area contributed by atoms with E-state index in [1.54, 1.807) is 0 Å². The Hall–Kier alpha value is -1.09. The van der Waals surface area contributed by atoms with Crippen molar-refractivity contribution in [2.24, 2.45) is 0 Å². The first kappa shape index (κ1) is 13.0. The summed E-state index contributed by atoms with van der Waals surface area (Å²) >= 11 is 0. The van der Waals surface area contributed by atoms with Crippen molar-refractivity contribution in [1.82, 2.24) is 10.3 Å². The van der Waals surface area contributed by atoms with Gasteiger partial charge in [0.05, 0.1) is 17.6 Å². The molecule has 1 heterocycles. The minimum atomic E-state index is 0.366. The molecule has 0 aliphatic heterocycles. The Morgan fingerprint density at radius 1 is 1.25 bits per heavy atom. The molecule has 1 aromatic heterocycles. The highest BCUT2D eigenvalue weighted by Crippen LogP contribution is 2.17. The van der Waals surface area contributed by atoms with E-state index >= 15 is 0 Å². The minimum absolute atomic E-state index is 0.366. The summed E-state index contributed by atoms with van der Waals surface area (Å²) in [6, 6.07) is 4.65. The molecule has 0 fully saturated rings. The number of nitrogens with zero attached hydrogens (tertiary/aromatic N) is 2. The van der Waals surface area contributed by atoms with Crippen LogP contribution in [0.3, 0.4) is 0 Å². The molecule has 1 rings (SSSR count). The zero-order chi connectivity index (χ0) is 12.0. The molecular weight excluding hydrogens is 198 g/mol. The van der Waals surface area contributed by atoms with Crippen molar-refractivity contribution >= 4 is 5.69 Å². The normalized spacial score (nSPS) is 12.5. The van der Waals surface area contributed by atoms with Gasteiger partial charge in [0.2, 0.25) is 0 Å². The van der Waals surface area contributed by atoms with E-state index in [0.717, 1.165) is 25.2 Å². The fourth-order valence-electron chi connectivity index (χ4n) is 1.94. The van der Waals surface area contributed by atoms with Gasteiger partial charge in [0, 0.05) is 19.1 Å². The molecule has 90 valence electrons. The van der Waals surface area contributed by atoms with Crippen molar-refractivity contribution in [3.05, 3.63) is 24.0 Å². The summed E-state index contributed by atoms with van der Waals surface area (Å²) in [4.78, 5) is 6.84. The molecule has 0 aliphatic rings. The van der Waals surface area contributed by atoms with Gasteiger partial charge in [-0.3, -0.25) is 4.98 Å². The maximum atomic E-state index is 4.53. The molecule has 1 atom stereocenters. The number of nitrogens with one attached hydrogen (secondary N) is 1. The quantitative estimate of drug-likeness (QED) is 0.800. The van der Waals surface area contributed by atoms with Crippen molar-refractivity contribution in [3.63, 3.8) is 0 Å². The van der Waals surface area contributed by atoms with E-state index < -0.39 is 0 Å². The minimum Gasteiger partial charge on any atom is -0.371 e. The Labute approximate surface area is 98.9 Å². The Morgan fingerprint density at radius 2 is 1.94 bits per heavy atom. The van der Waals surface area contributed by atoms with Gasteiger partial charge in [-0.05, 0) is 39.4 Å². The van der Waals surface area contributed by atoms with Gasteiger partial charge >= 0.3 is 0 Å². The van der Waals surface area contributed by atoms with Gasteiger partial charge in [-0.1, -0.05) is 6.92 Å². The van der Waals surface area contributed by atoms with E-state index in [4.69, 9.17) is 0 Å². The third-order valence-electron chi connectivity index (χ3n) is 3.01. The second-order valence-electron chi connectivity index (χ2n) is 3.86. The van der Waals surface area contributed by atoms with E-state index in [1.807, 2.05) is 13.2 Å². The summed E-state index contributed by atoms with van der Waals surface area (Å²) in [5.74, 6) is 0. The van der Waals surface area contributed by atoms with Crippen LogP contribution >= 0.6 is 0 Å². The molecule has 0 aliphatic carbocycles. The summed E-state index contributed by atoms with van der Waals surface area (Å²) in [6.45, 7) is 8.56. The van der Waals surface area contributed by atoms with Crippen LogP contribution in [0.15, 0.2) is 18.3 Å². The molecule has 0 radical (unpaired) electrons. The average Bonchev–Trinajstić information content (AvgIpc) is 2.34. The monoisotopic (exact) mass is 221 g/mol. The van der Waals surface area contributed by atoms with Gasteiger partial charge in [-0.25, -0.2) is 0 Å². The molecule has 1 N–H and O–H groups in total. The SMILES string of the molecule is CCC(NC)c1ccc(N(CC)CC)cn1. The van der Waals surface area contributed by atoms with Gasteiger partial charge in [0.15, 0.2) is 0 Å². The lowest BCUT2D eigenvalue weighted by Gasteiger charge is -2.21. The van der Waals surface area contributed by atoms with Gasteiger partial charge in [-0.15, -0.1) is 0 Å². The lowest BCUT2D eigenvalue weighted by molar-refractivity contribution is 0.561. The molecule has 0 aromatic carbocycles. The summed E-state index contributed by atoms with van der Waals surface area (Å²) in [6.07, 6.45) is 3.04. The van der Waals surface area contributed by atoms with E-state index in [1.165, 1.54) is 5.69 Å². The second kappa shape index (κ2) is 6.48. The van der Waals surface area contributed by atoms with E-state index in [-0.39, 0.29) is 0 Å². The van der Waals surface area contributed by atoms with Gasteiger partial charge in [0.25, 0.3) is 0 Å². The van der Waals surface area contributed by atoms with Crippen LogP contribution in [-0.2, 0) is 0 Å². The highest BCUT2D eigenvalue weighted by atomic mass is 15.1. The van der Waals surface area contributed by atoms with Crippen molar-refractivity contribution in [3.8, 4) is 0 Å². The van der Waals surface area contributed by atoms with E-state index in [0.29, 0.717) is 6.04 Å². The Kier molecular flexibility index (Phi) is 5.26. The summed E-state index contributed by atoms with van der Waals surface area (Å²) in [5, 5.41) is 3.27. The van der Waals surface area contributed by atoms with Crippen LogP contribution in [0.2, 0.25) is 0 Å². The van der Waals surface area contributed by atoms with Crippen molar-refractivity contribution in [1.29, 1.82) is 0 Å². The van der Waals surface area contributed by atoms with Crippen molar-refractivity contribution < 1.29 is 0 Å². The first-order valence-corrected chi connectivity index (χ1v) is 6.14. The number of hydrogen-bond acceptors (Lipinski definition) is 3. The van der Waals surface area contributed by atoms with Crippen molar-refractivity contribution in [2.45, 2.75) is 33.2 Å². The standard InChI is InChI=1S/C13H23N3/c1-5-12(14-4)13-9-8-11(10-15-13)16(6-2)7-3/h8-10,12,14H,5-7H2,1-4H3. The Bertz CT molecular complexity index is 256. The van der Waals surface area contributed by atoms with Crippen LogP contribution in [0.5, 0.6) is 0 Å². The molecule has 3 nitrogen and oxygen atoms in total. The third-order valence-corrected chi connectivity index (χ3v) is 3.01. The first-order chi connectivity index (χ1) is 7.76. The zero-order valence-electron chi connectivity index (χ0n) is 10.8. The van der Waals surface area contributed by atoms with Crippen molar-refractivity contribution in [2.75, 3.05) is 25.0 Å². The van der Waals surface area contributed by atoms with E-state index in [9.17, 15) is 0 Å². The second-order valence-corrected chi connectivity index (χ2v) is 3.86. The first-order valence-electron chi connectivity index (χ1n) is 6.14. The van der Waals surface area contributed by atoms with Crippen LogP contribution in [0.1, 0.15) is 38.9 Å².